The van der Waals surface area contributed by atoms with E-state index in [2.05, 4.69) is 22.8 Å². The van der Waals surface area contributed by atoms with E-state index in [4.69, 9.17) is 9.47 Å². The molecule has 0 saturated heterocycles. The van der Waals surface area contributed by atoms with Crippen molar-refractivity contribution < 1.29 is 29.0 Å². The smallest absolute Gasteiger partial charge is 0.407 e. The normalized spacial score (nSPS) is 14.5. The summed E-state index contributed by atoms with van der Waals surface area (Å²) in [5.41, 5.74) is 3.73. The predicted octanol–water partition coefficient (Wildman–Crippen LogP) is 3.55. The first kappa shape index (κ1) is 25.2. The first-order valence-electron chi connectivity index (χ1n) is 11.3. The van der Waals surface area contributed by atoms with Crippen LogP contribution in [0, 0.1) is 5.41 Å². The number of benzene rings is 2. The average molecular weight is 469 g/mol. The van der Waals surface area contributed by atoms with Gasteiger partial charge in [-0.2, -0.15) is 0 Å². The fraction of sp³-hybridized carbons (Fsp3) is 0.423. The standard InChI is InChI=1S/C26H32N2O6/c1-26(2,3)22(23(29)27-21(24(30)31)13-14-33-4)28-25(32)34-15-20-18-11-7-5-9-16(18)17-10-6-8-12-19(17)20/h5-12,20-22H,13-15H2,1-4H3,(H,27,29)(H,28,32)(H,30,31)/t21?,22-/m1/s1. The van der Waals surface area contributed by atoms with Crippen molar-refractivity contribution >= 4 is 18.0 Å². The van der Waals surface area contributed by atoms with Crippen LogP contribution in [0.15, 0.2) is 48.5 Å². The van der Waals surface area contributed by atoms with Crippen LogP contribution in [0.1, 0.15) is 44.2 Å². The van der Waals surface area contributed by atoms with Crippen molar-refractivity contribution in [1.82, 2.24) is 10.6 Å². The zero-order valence-electron chi connectivity index (χ0n) is 20.0. The molecule has 0 aromatic heterocycles. The van der Waals surface area contributed by atoms with Crippen molar-refractivity contribution in [3.05, 3.63) is 59.7 Å². The van der Waals surface area contributed by atoms with E-state index >= 15 is 0 Å². The summed E-state index contributed by atoms with van der Waals surface area (Å²) < 4.78 is 10.5. The van der Waals surface area contributed by atoms with Gasteiger partial charge in [0.15, 0.2) is 0 Å². The zero-order valence-corrected chi connectivity index (χ0v) is 20.0. The highest BCUT2D eigenvalue weighted by molar-refractivity contribution is 5.90. The highest BCUT2D eigenvalue weighted by atomic mass is 16.5. The van der Waals surface area contributed by atoms with Crippen molar-refractivity contribution in [2.45, 2.75) is 45.2 Å². The molecule has 3 N–H and O–H groups in total. The van der Waals surface area contributed by atoms with E-state index in [0.29, 0.717) is 0 Å². The largest absolute Gasteiger partial charge is 0.480 e. The molecule has 0 saturated carbocycles. The summed E-state index contributed by atoms with van der Waals surface area (Å²) in [6.07, 6.45) is -0.625. The molecule has 0 fully saturated rings. The van der Waals surface area contributed by atoms with Gasteiger partial charge in [-0.1, -0.05) is 69.3 Å². The highest BCUT2D eigenvalue weighted by Gasteiger charge is 2.36. The molecule has 34 heavy (non-hydrogen) atoms. The zero-order chi connectivity index (χ0) is 24.9. The third-order valence-corrected chi connectivity index (χ3v) is 5.96. The van der Waals surface area contributed by atoms with Crippen LogP contribution in [0.25, 0.3) is 11.1 Å². The van der Waals surface area contributed by atoms with Gasteiger partial charge in [0.25, 0.3) is 0 Å². The molecule has 0 heterocycles. The summed E-state index contributed by atoms with van der Waals surface area (Å²) in [4.78, 5) is 37.1. The molecule has 0 bridgehead atoms. The van der Waals surface area contributed by atoms with Crippen LogP contribution in [0.2, 0.25) is 0 Å². The van der Waals surface area contributed by atoms with Crippen LogP contribution in [0.4, 0.5) is 4.79 Å². The third-order valence-electron chi connectivity index (χ3n) is 5.96. The quantitative estimate of drug-likeness (QED) is 0.519. The van der Waals surface area contributed by atoms with E-state index in [-0.39, 0.29) is 25.6 Å². The summed E-state index contributed by atoms with van der Waals surface area (Å²) in [6, 6.07) is 13.9. The number of hydrogen-bond acceptors (Lipinski definition) is 5. The number of carbonyl (C=O) groups is 3. The Morgan fingerprint density at radius 2 is 1.53 bits per heavy atom. The minimum atomic E-state index is -1.17. The fourth-order valence-electron chi connectivity index (χ4n) is 4.18. The number of amides is 2. The second-order valence-corrected chi connectivity index (χ2v) is 9.45. The lowest BCUT2D eigenvalue weighted by atomic mass is 9.86. The molecule has 1 aliphatic rings. The fourth-order valence-corrected chi connectivity index (χ4v) is 4.18. The lowest BCUT2D eigenvalue weighted by Gasteiger charge is -2.31. The lowest BCUT2D eigenvalue weighted by Crippen LogP contribution is -2.56. The van der Waals surface area contributed by atoms with Gasteiger partial charge in [0, 0.05) is 26.1 Å². The van der Waals surface area contributed by atoms with Crippen LogP contribution < -0.4 is 10.6 Å². The minimum absolute atomic E-state index is 0.106. The van der Waals surface area contributed by atoms with Crippen LogP contribution in [-0.4, -0.2) is 55.5 Å². The van der Waals surface area contributed by atoms with E-state index in [1.165, 1.54) is 7.11 Å². The number of hydrogen-bond donors (Lipinski definition) is 3. The summed E-state index contributed by atoms with van der Waals surface area (Å²) >= 11 is 0. The molecule has 3 rings (SSSR count). The molecule has 2 amide bonds. The highest BCUT2D eigenvalue weighted by Crippen LogP contribution is 2.44. The summed E-state index contributed by atoms with van der Waals surface area (Å²) in [6.45, 7) is 5.64. The number of carbonyl (C=O) groups excluding carboxylic acids is 2. The van der Waals surface area contributed by atoms with Crippen LogP contribution in [-0.2, 0) is 19.1 Å². The number of carboxylic acids is 1. The summed E-state index contributed by atoms with van der Waals surface area (Å²) in [5.74, 6) is -1.87. The molecule has 0 aliphatic heterocycles. The van der Waals surface area contributed by atoms with Gasteiger partial charge in [-0.25, -0.2) is 9.59 Å². The first-order valence-corrected chi connectivity index (χ1v) is 11.3. The molecule has 0 radical (unpaired) electrons. The Labute approximate surface area is 199 Å². The van der Waals surface area contributed by atoms with Gasteiger partial charge in [-0.15, -0.1) is 0 Å². The van der Waals surface area contributed by atoms with E-state index in [1.54, 1.807) is 20.8 Å². The summed E-state index contributed by atoms with van der Waals surface area (Å²) in [5, 5.41) is 14.5. The molecule has 1 aliphatic carbocycles. The average Bonchev–Trinajstić information content (AvgIpc) is 3.11. The minimum Gasteiger partial charge on any atom is -0.480 e. The number of methoxy groups -OCH3 is 1. The van der Waals surface area contributed by atoms with E-state index in [0.717, 1.165) is 22.3 Å². The second kappa shape index (κ2) is 10.7. The Balaban J connectivity index is 1.68. The van der Waals surface area contributed by atoms with Crippen molar-refractivity contribution in [3.8, 4) is 11.1 Å². The first-order chi connectivity index (χ1) is 16.1. The van der Waals surface area contributed by atoms with E-state index in [9.17, 15) is 19.5 Å². The Bertz CT molecular complexity index is 1000. The summed E-state index contributed by atoms with van der Waals surface area (Å²) in [7, 11) is 1.46. The molecule has 2 aromatic carbocycles. The molecule has 1 unspecified atom stereocenters. The number of carboxylic acid groups (broad SMARTS) is 1. The topological polar surface area (TPSA) is 114 Å². The van der Waals surface area contributed by atoms with Crippen molar-refractivity contribution in [3.63, 3.8) is 0 Å². The molecular weight excluding hydrogens is 436 g/mol. The lowest BCUT2D eigenvalue weighted by molar-refractivity contribution is -0.143. The maximum absolute atomic E-state index is 12.9. The SMILES string of the molecule is COCCC(NC(=O)[C@@H](NC(=O)OCC1c2ccccc2-c2ccccc21)C(C)(C)C)C(=O)O. The number of fused-ring (bicyclic) bond motifs is 3. The number of aliphatic carboxylic acids is 1. The number of rotatable bonds is 9. The number of nitrogens with one attached hydrogen (secondary N) is 2. The van der Waals surface area contributed by atoms with Crippen molar-refractivity contribution in [2.24, 2.45) is 5.41 Å². The van der Waals surface area contributed by atoms with Gasteiger partial charge in [0.2, 0.25) is 5.91 Å². The molecule has 182 valence electrons. The van der Waals surface area contributed by atoms with Gasteiger partial charge < -0.3 is 25.2 Å². The Morgan fingerprint density at radius 3 is 2.03 bits per heavy atom. The second-order valence-electron chi connectivity index (χ2n) is 9.45. The predicted molar refractivity (Wildman–Crippen MR) is 128 cm³/mol. The van der Waals surface area contributed by atoms with E-state index in [1.807, 2.05) is 36.4 Å². The molecular formula is C26H32N2O6. The monoisotopic (exact) mass is 468 g/mol. The van der Waals surface area contributed by atoms with Gasteiger partial charge in [-0.3, -0.25) is 4.79 Å². The van der Waals surface area contributed by atoms with Gasteiger partial charge in [-0.05, 0) is 27.7 Å². The Kier molecular flexibility index (Phi) is 7.94. The number of alkyl carbamates (subject to hydrolysis) is 1. The van der Waals surface area contributed by atoms with Gasteiger partial charge in [0.1, 0.15) is 18.7 Å². The third kappa shape index (κ3) is 5.75. The Hall–Kier alpha value is -3.39. The van der Waals surface area contributed by atoms with Crippen molar-refractivity contribution in [2.75, 3.05) is 20.3 Å². The van der Waals surface area contributed by atoms with Crippen LogP contribution in [0.3, 0.4) is 0 Å². The molecule has 0 spiro atoms. The van der Waals surface area contributed by atoms with Crippen LogP contribution >= 0.6 is 0 Å². The van der Waals surface area contributed by atoms with Crippen molar-refractivity contribution in [1.29, 1.82) is 0 Å². The molecule has 8 heteroatoms. The van der Waals surface area contributed by atoms with Gasteiger partial charge >= 0.3 is 12.1 Å². The van der Waals surface area contributed by atoms with Gasteiger partial charge in [0.05, 0.1) is 0 Å². The molecule has 2 aromatic rings. The molecule has 2 atom stereocenters. The van der Waals surface area contributed by atoms with E-state index < -0.39 is 35.5 Å². The number of ether oxygens (including phenoxy) is 2. The Morgan fingerprint density at radius 1 is 0.971 bits per heavy atom. The maximum Gasteiger partial charge on any atom is 0.407 e. The molecule has 8 nitrogen and oxygen atoms in total. The maximum atomic E-state index is 12.9. The van der Waals surface area contributed by atoms with Crippen LogP contribution in [0.5, 0.6) is 0 Å².